The van der Waals surface area contributed by atoms with Crippen LogP contribution in [0, 0.1) is 5.82 Å². The number of pyridine rings is 2. The number of halogens is 1. The summed E-state index contributed by atoms with van der Waals surface area (Å²) in [4.78, 5) is 35.9. The van der Waals surface area contributed by atoms with E-state index >= 15 is 4.39 Å². The highest BCUT2D eigenvalue weighted by atomic mass is 19.1. The van der Waals surface area contributed by atoms with E-state index in [0.29, 0.717) is 48.0 Å². The summed E-state index contributed by atoms with van der Waals surface area (Å²) in [6.45, 7) is 4.43. The molecule has 1 amide bonds. The smallest absolute Gasteiger partial charge is 0.256 e. The van der Waals surface area contributed by atoms with Crippen molar-refractivity contribution in [2.75, 3.05) is 44.2 Å². The molecule has 3 aliphatic heterocycles. The van der Waals surface area contributed by atoms with Crippen LogP contribution in [0.3, 0.4) is 0 Å². The summed E-state index contributed by atoms with van der Waals surface area (Å²) < 4.78 is 24.6. The zero-order valence-corrected chi connectivity index (χ0v) is 24.3. The molecule has 1 atom stereocenters. The first-order valence-corrected chi connectivity index (χ1v) is 15.3. The molecule has 0 saturated carbocycles. The van der Waals surface area contributed by atoms with Crippen molar-refractivity contribution in [1.82, 2.24) is 19.8 Å². The molecule has 1 N–H and O–H groups in total. The summed E-state index contributed by atoms with van der Waals surface area (Å²) >= 11 is 0. The number of amides is 1. The number of likely N-dealkylation sites (tertiary alicyclic amines) is 1. The van der Waals surface area contributed by atoms with E-state index in [1.165, 1.54) is 6.07 Å². The Morgan fingerprint density at radius 1 is 1.05 bits per heavy atom. The van der Waals surface area contributed by atoms with Crippen molar-refractivity contribution in [1.29, 1.82) is 0 Å². The van der Waals surface area contributed by atoms with Gasteiger partial charge in [-0.1, -0.05) is 30.3 Å². The minimum Gasteiger partial charge on any atom is -0.451 e. The number of carbonyl (C=O) groups is 1. The number of ether oxygens (including phenoxy) is 1. The molecule has 0 aliphatic carbocycles. The van der Waals surface area contributed by atoms with Crippen molar-refractivity contribution in [3.63, 3.8) is 0 Å². The van der Waals surface area contributed by atoms with E-state index in [4.69, 9.17) is 4.74 Å². The summed E-state index contributed by atoms with van der Waals surface area (Å²) in [5, 5.41) is 5.01. The van der Waals surface area contributed by atoms with E-state index in [2.05, 4.69) is 21.3 Å². The zero-order chi connectivity index (χ0) is 29.8. The van der Waals surface area contributed by atoms with E-state index in [1.54, 1.807) is 12.4 Å². The molecule has 2 fully saturated rings. The van der Waals surface area contributed by atoms with Gasteiger partial charge in [0.15, 0.2) is 17.3 Å². The van der Waals surface area contributed by atoms with Crippen LogP contribution in [0.5, 0.6) is 11.5 Å². The quantitative estimate of drug-likeness (QED) is 0.272. The fourth-order valence-electron chi connectivity index (χ4n) is 7.03. The number of nitrogens with one attached hydrogen (secondary N) is 1. The number of carbonyl (C=O) groups excluding carboxylic acids is 1. The van der Waals surface area contributed by atoms with E-state index in [9.17, 15) is 9.59 Å². The van der Waals surface area contributed by atoms with Gasteiger partial charge in [-0.2, -0.15) is 0 Å². The lowest BCUT2D eigenvalue weighted by atomic mass is 10.0. The molecule has 2 aromatic heterocycles. The Bertz CT molecular complexity index is 1990. The maximum absolute atomic E-state index is 16.2. The van der Waals surface area contributed by atoms with Gasteiger partial charge >= 0.3 is 0 Å². The average Bonchev–Trinajstić information content (AvgIpc) is 3.75. The van der Waals surface area contributed by atoms with Gasteiger partial charge in [0.1, 0.15) is 16.8 Å². The van der Waals surface area contributed by atoms with Crippen LogP contribution >= 0.6 is 0 Å². The van der Waals surface area contributed by atoms with Crippen LogP contribution in [0.2, 0.25) is 0 Å². The number of fused-ring (bicyclic) bond motifs is 3. The van der Waals surface area contributed by atoms with E-state index in [-0.39, 0.29) is 16.9 Å². The van der Waals surface area contributed by atoms with Crippen LogP contribution in [0.1, 0.15) is 41.1 Å². The summed E-state index contributed by atoms with van der Waals surface area (Å²) in [6, 6.07) is 17.1. The summed E-state index contributed by atoms with van der Waals surface area (Å²) in [5.74, 6) is 0.0288. The van der Waals surface area contributed by atoms with Crippen molar-refractivity contribution in [2.24, 2.45) is 0 Å². The molecule has 0 spiro atoms. The van der Waals surface area contributed by atoms with Gasteiger partial charge in [-0.25, -0.2) is 4.39 Å². The van der Waals surface area contributed by atoms with Gasteiger partial charge < -0.3 is 24.4 Å². The molecule has 1 unspecified atom stereocenters. The normalized spacial score (nSPS) is 17.7. The molecule has 5 aromatic rings. The molecule has 8 rings (SSSR count). The molecule has 222 valence electrons. The number of hydrogen-bond acceptors (Lipinski definition) is 6. The first kappa shape index (κ1) is 26.8. The number of anilines is 1. The Morgan fingerprint density at radius 3 is 2.66 bits per heavy atom. The monoisotopic (exact) mass is 589 g/mol. The van der Waals surface area contributed by atoms with Crippen molar-refractivity contribution in [3.05, 3.63) is 100 Å². The van der Waals surface area contributed by atoms with Crippen molar-refractivity contribution in [2.45, 2.75) is 25.2 Å². The van der Waals surface area contributed by atoms with Gasteiger partial charge in [0, 0.05) is 50.7 Å². The molecule has 2 saturated heterocycles. The lowest BCUT2D eigenvalue weighted by Crippen LogP contribution is -2.36. The highest BCUT2D eigenvalue weighted by Crippen LogP contribution is 2.48. The maximum Gasteiger partial charge on any atom is 0.256 e. The molecule has 9 heteroatoms. The standard InChI is InChI=1S/C35H32FN5O3/c36-28-18-26-31-34(32(28)40-14-9-25(20-40)24-8-5-10-37-19-24)44-30-17-23-7-2-1-6-22(23)16-29(30)41(31)21-27(33(26)42)35(43)38-11-15-39-12-3-4-13-39/h1-2,5-8,10,16-19,21,25H,3-4,9,11-15,20H2,(H,38,43). The Kier molecular flexibility index (Phi) is 6.56. The first-order chi connectivity index (χ1) is 21.5. The van der Waals surface area contributed by atoms with Crippen LogP contribution in [0.25, 0.3) is 27.4 Å². The highest BCUT2D eigenvalue weighted by Gasteiger charge is 2.34. The second-order valence-electron chi connectivity index (χ2n) is 12.0. The highest BCUT2D eigenvalue weighted by molar-refractivity contribution is 6.02. The average molecular weight is 590 g/mol. The van der Waals surface area contributed by atoms with Gasteiger partial charge in [-0.15, -0.1) is 0 Å². The minimum absolute atomic E-state index is 0.0177. The molecule has 0 radical (unpaired) electrons. The minimum atomic E-state index is -0.543. The van der Waals surface area contributed by atoms with Crippen molar-refractivity contribution < 1.29 is 13.9 Å². The molecule has 5 heterocycles. The van der Waals surface area contributed by atoms with Gasteiger partial charge in [0.2, 0.25) is 5.43 Å². The molecule has 3 aromatic carbocycles. The van der Waals surface area contributed by atoms with Crippen LogP contribution < -0.4 is 20.4 Å². The Labute approximate surface area is 253 Å². The molecular weight excluding hydrogens is 557 g/mol. The van der Waals surface area contributed by atoms with Crippen LogP contribution in [-0.4, -0.2) is 59.6 Å². The third-order valence-electron chi connectivity index (χ3n) is 9.29. The van der Waals surface area contributed by atoms with Crippen molar-refractivity contribution >= 4 is 33.3 Å². The Hall–Kier alpha value is -4.76. The van der Waals surface area contributed by atoms with Crippen molar-refractivity contribution in [3.8, 4) is 17.2 Å². The molecular formula is C35H32FN5O3. The molecule has 8 nitrogen and oxygen atoms in total. The first-order valence-electron chi connectivity index (χ1n) is 15.3. The van der Waals surface area contributed by atoms with Crippen LogP contribution in [0.15, 0.2) is 78.0 Å². The van der Waals surface area contributed by atoms with Gasteiger partial charge in [0.25, 0.3) is 5.91 Å². The van der Waals surface area contributed by atoms with E-state index < -0.39 is 17.2 Å². The number of rotatable bonds is 6. The molecule has 3 aliphatic rings. The van der Waals surface area contributed by atoms with Gasteiger partial charge in [0.05, 0.1) is 11.1 Å². The zero-order valence-electron chi connectivity index (χ0n) is 24.3. The Morgan fingerprint density at radius 2 is 1.86 bits per heavy atom. The molecule has 44 heavy (non-hydrogen) atoms. The fourth-order valence-corrected chi connectivity index (χ4v) is 7.03. The maximum atomic E-state index is 16.2. The SMILES string of the molecule is O=C(NCCN1CCCC1)c1cn2c3c(c(N4CCC(c5cccnc5)C4)c(F)cc3c1=O)Oc1cc3ccccc3cc1-2. The van der Waals surface area contributed by atoms with Gasteiger partial charge in [-0.3, -0.25) is 14.6 Å². The number of hydrogen-bond donors (Lipinski definition) is 1. The lowest BCUT2D eigenvalue weighted by molar-refractivity contribution is 0.0948. The summed E-state index contributed by atoms with van der Waals surface area (Å²) in [5.41, 5.74) is 2.07. The number of nitrogens with zero attached hydrogens (tertiary/aromatic N) is 4. The van der Waals surface area contributed by atoms with Crippen LogP contribution in [0.4, 0.5) is 10.1 Å². The lowest BCUT2D eigenvalue weighted by Gasteiger charge is -2.29. The second-order valence-corrected chi connectivity index (χ2v) is 12.0. The summed E-state index contributed by atoms with van der Waals surface area (Å²) in [6.07, 6.45) is 8.38. The van der Waals surface area contributed by atoms with Gasteiger partial charge in [-0.05, 0) is 73.0 Å². The predicted octanol–water partition coefficient (Wildman–Crippen LogP) is 5.60. The van der Waals surface area contributed by atoms with E-state index in [0.717, 1.165) is 55.2 Å². The summed E-state index contributed by atoms with van der Waals surface area (Å²) in [7, 11) is 0. The largest absolute Gasteiger partial charge is 0.451 e. The number of benzene rings is 3. The predicted molar refractivity (Wildman–Crippen MR) is 169 cm³/mol. The fraction of sp³-hybridized carbons (Fsp3) is 0.286. The topological polar surface area (TPSA) is 79.7 Å². The third kappa shape index (κ3) is 4.50. The third-order valence-corrected chi connectivity index (χ3v) is 9.29. The number of aromatic nitrogens is 2. The Balaban J connectivity index is 1.25. The molecule has 0 bridgehead atoms. The van der Waals surface area contributed by atoms with Crippen LogP contribution in [-0.2, 0) is 0 Å². The van der Waals surface area contributed by atoms with E-state index in [1.807, 2.05) is 58.1 Å². The second kappa shape index (κ2) is 10.7.